The van der Waals surface area contributed by atoms with Crippen molar-refractivity contribution in [2.24, 2.45) is 0 Å². The first kappa shape index (κ1) is 12.4. The molecule has 18 heavy (non-hydrogen) atoms. The molecule has 0 fully saturated rings. The van der Waals surface area contributed by atoms with Crippen molar-refractivity contribution in [3.8, 4) is 5.75 Å². The molecular weight excluding hydrogens is 253 g/mol. The van der Waals surface area contributed by atoms with E-state index in [0.717, 1.165) is 0 Å². The average Bonchev–Trinajstić information content (AvgIpc) is 2.40. The second-order valence-corrected chi connectivity index (χ2v) is 3.79. The van der Waals surface area contributed by atoms with Crippen LogP contribution in [0.15, 0.2) is 54.6 Å². The number of amides is 1. The number of carbonyl (C=O) groups excluding carboxylic acids is 1. The third-order valence-corrected chi connectivity index (χ3v) is 2.51. The van der Waals surface area contributed by atoms with Crippen molar-refractivity contribution in [1.82, 2.24) is 0 Å². The van der Waals surface area contributed by atoms with Gasteiger partial charge in [0.25, 0.3) is 18.3 Å². The fourth-order valence-electron chi connectivity index (χ4n) is 1.45. The van der Waals surface area contributed by atoms with Crippen LogP contribution in [0.25, 0.3) is 0 Å². The lowest BCUT2D eigenvalue weighted by Crippen LogP contribution is -2.11. The summed E-state index contributed by atoms with van der Waals surface area (Å²) >= 11 is -0.253. The minimum Gasteiger partial charge on any atom is -0.397 e. The molecule has 0 atom stereocenters. The van der Waals surface area contributed by atoms with E-state index in [-0.39, 0.29) is 18.3 Å². The van der Waals surface area contributed by atoms with Crippen LogP contribution in [0.3, 0.4) is 0 Å². The summed E-state index contributed by atoms with van der Waals surface area (Å²) in [6.07, 6.45) is 0. The average molecular weight is 263 g/mol. The highest BCUT2D eigenvalue weighted by Crippen LogP contribution is 2.19. The molecule has 0 spiro atoms. The highest BCUT2D eigenvalue weighted by Gasteiger charge is 2.07. The highest BCUT2D eigenvalue weighted by atomic mass is 32.2. The number of para-hydroxylation sites is 1. The molecule has 0 saturated heterocycles. The Labute approximate surface area is 108 Å². The summed E-state index contributed by atoms with van der Waals surface area (Å²) in [5.74, 6) is 0.0266. The minimum absolute atomic E-state index is 0.253. The third-order valence-electron chi connectivity index (χ3n) is 2.26. The second kappa shape index (κ2) is 6.07. The van der Waals surface area contributed by atoms with E-state index in [9.17, 15) is 8.68 Å². The Kier molecular flexibility index (Phi) is 4.20. The first-order chi connectivity index (χ1) is 8.79. The van der Waals surface area contributed by atoms with Gasteiger partial charge in [-0.2, -0.15) is 0 Å². The lowest BCUT2D eigenvalue weighted by atomic mass is 10.2. The summed E-state index contributed by atoms with van der Waals surface area (Å²) in [6, 6.07) is 15.4. The van der Waals surface area contributed by atoms with Gasteiger partial charge < -0.3 is 9.50 Å². The largest absolute Gasteiger partial charge is 0.397 e. The maximum absolute atomic E-state index is 12.0. The minimum atomic E-state index is -0.268. The molecule has 0 saturated carbocycles. The molecule has 2 aromatic carbocycles. The van der Waals surface area contributed by atoms with Gasteiger partial charge >= 0.3 is 0 Å². The van der Waals surface area contributed by atoms with E-state index in [4.69, 9.17) is 0 Å². The molecule has 5 heteroatoms. The van der Waals surface area contributed by atoms with Crippen LogP contribution in [0, 0.1) is 0 Å². The van der Waals surface area contributed by atoms with Gasteiger partial charge in [-0.25, -0.2) is 0 Å². The fraction of sp³-hybridized carbons (Fsp3) is 0. The van der Waals surface area contributed by atoms with Crippen molar-refractivity contribution in [1.29, 1.82) is 0 Å². The SMILES string of the molecule is O=C(Nc1ccccc1)c1cccc(OSF)c1. The molecule has 1 N–H and O–H groups in total. The Morgan fingerprint density at radius 1 is 1.11 bits per heavy atom. The predicted octanol–water partition coefficient (Wildman–Crippen LogP) is 3.85. The van der Waals surface area contributed by atoms with Crippen LogP contribution in [0.1, 0.15) is 10.4 Å². The molecule has 0 bridgehead atoms. The maximum Gasteiger partial charge on any atom is 0.272 e. The molecule has 2 rings (SSSR count). The molecule has 92 valence electrons. The molecule has 1 amide bonds. The summed E-state index contributed by atoms with van der Waals surface area (Å²) in [4.78, 5) is 11.9. The van der Waals surface area contributed by atoms with E-state index >= 15 is 0 Å². The van der Waals surface area contributed by atoms with Gasteiger partial charge in [0.2, 0.25) is 0 Å². The predicted molar refractivity (Wildman–Crippen MR) is 70.2 cm³/mol. The van der Waals surface area contributed by atoms with Gasteiger partial charge in [0.05, 0.1) is 0 Å². The number of halogens is 1. The molecule has 3 nitrogen and oxygen atoms in total. The zero-order chi connectivity index (χ0) is 12.8. The standard InChI is InChI=1S/C13H10FNO2S/c14-18-17-12-8-4-5-10(9-12)13(16)15-11-6-2-1-3-7-11/h1-9H,(H,15,16). The normalized spacial score (nSPS) is 9.83. The van der Waals surface area contributed by atoms with Crippen molar-refractivity contribution < 1.29 is 12.9 Å². The van der Waals surface area contributed by atoms with Gasteiger partial charge in [-0.05, 0) is 30.3 Å². The van der Waals surface area contributed by atoms with Crippen molar-refractivity contribution in [2.45, 2.75) is 0 Å². The van der Waals surface area contributed by atoms with E-state index in [1.54, 1.807) is 30.3 Å². The molecule has 0 aliphatic rings. The van der Waals surface area contributed by atoms with Crippen molar-refractivity contribution >= 4 is 24.0 Å². The topological polar surface area (TPSA) is 38.3 Å². The van der Waals surface area contributed by atoms with E-state index in [2.05, 4.69) is 9.50 Å². The number of nitrogens with one attached hydrogen (secondary N) is 1. The zero-order valence-electron chi connectivity index (χ0n) is 9.30. The Morgan fingerprint density at radius 2 is 1.89 bits per heavy atom. The molecule has 2 aromatic rings. The van der Waals surface area contributed by atoms with E-state index in [1.165, 1.54) is 6.07 Å². The fourth-order valence-corrected chi connectivity index (χ4v) is 1.63. The highest BCUT2D eigenvalue weighted by molar-refractivity contribution is 7.89. The monoisotopic (exact) mass is 263 g/mol. The quantitative estimate of drug-likeness (QED) is 0.851. The lowest BCUT2D eigenvalue weighted by Gasteiger charge is -2.06. The second-order valence-electron chi connectivity index (χ2n) is 3.49. The lowest BCUT2D eigenvalue weighted by molar-refractivity contribution is 0.102. The molecule has 0 aliphatic carbocycles. The van der Waals surface area contributed by atoms with Crippen LogP contribution in [0.5, 0.6) is 5.75 Å². The molecule has 0 aliphatic heterocycles. The molecule has 0 aromatic heterocycles. The number of hydrogen-bond donors (Lipinski definition) is 1. The summed E-state index contributed by atoms with van der Waals surface area (Å²) in [5, 5.41) is 2.73. The van der Waals surface area contributed by atoms with Crippen LogP contribution in [-0.4, -0.2) is 5.91 Å². The Balaban J connectivity index is 2.11. The van der Waals surface area contributed by atoms with Crippen LogP contribution in [0.2, 0.25) is 0 Å². The van der Waals surface area contributed by atoms with Crippen molar-refractivity contribution in [2.75, 3.05) is 5.32 Å². The Bertz CT molecular complexity index is 534. The zero-order valence-corrected chi connectivity index (χ0v) is 10.1. The van der Waals surface area contributed by atoms with Crippen molar-refractivity contribution in [3.63, 3.8) is 0 Å². The van der Waals surface area contributed by atoms with Gasteiger partial charge in [0.1, 0.15) is 5.75 Å². The Morgan fingerprint density at radius 3 is 2.61 bits per heavy atom. The number of benzene rings is 2. The molecule has 0 unspecified atom stereocenters. The number of anilines is 1. The number of rotatable bonds is 4. The molecule has 0 heterocycles. The first-order valence-electron chi connectivity index (χ1n) is 5.21. The summed E-state index contributed by atoms with van der Waals surface area (Å²) in [7, 11) is 0. The van der Waals surface area contributed by atoms with Crippen LogP contribution < -0.4 is 9.50 Å². The van der Waals surface area contributed by atoms with Crippen LogP contribution in [-0.2, 0) is 0 Å². The van der Waals surface area contributed by atoms with Crippen LogP contribution >= 0.6 is 12.4 Å². The maximum atomic E-state index is 12.0. The van der Waals surface area contributed by atoms with Crippen molar-refractivity contribution in [3.05, 3.63) is 60.2 Å². The van der Waals surface area contributed by atoms with Gasteiger partial charge in [0.15, 0.2) is 0 Å². The summed E-state index contributed by atoms with van der Waals surface area (Å²) in [5.41, 5.74) is 1.11. The summed E-state index contributed by atoms with van der Waals surface area (Å²) in [6.45, 7) is 0. The smallest absolute Gasteiger partial charge is 0.272 e. The number of hydrogen-bond acceptors (Lipinski definition) is 3. The third kappa shape index (κ3) is 3.24. The molecular formula is C13H10FNO2S. The van der Waals surface area contributed by atoms with Gasteiger partial charge in [0, 0.05) is 11.3 Å². The number of carbonyl (C=O) groups is 1. The van der Waals surface area contributed by atoms with Gasteiger partial charge in [-0.1, -0.05) is 24.3 Å². The van der Waals surface area contributed by atoms with E-state index in [0.29, 0.717) is 17.0 Å². The van der Waals surface area contributed by atoms with E-state index in [1.807, 2.05) is 18.2 Å². The summed E-state index contributed by atoms with van der Waals surface area (Å²) < 4.78 is 16.6. The van der Waals surface area contributed by atoms with Gasteiger partial charge in [-0.3, -0.25) is 4.79 Å². The Hall–Kier alpha value is -2.01. The van der Waals surface area contributed by atoms with E-state index < -0.39 is 0 Å². The first-order valence-corrected chi connectivity index (χ1v) is 5.85. The van der Waals surface area contributed by atoms with Gasteiger partial charge in [-0.15, -0.1) is 3.89 Å². The molecule has 0 radical (unpaired) electrons. The van der Waals surface area contributed by atoms with Crippen LogP contribution in [0.4, 0.5) is 9.57 Å².